The maximum Gasteiger partial charge on any atom is 0.0776 e. The third kappa shape index (κ3) is 7.52. The van der Waals surface area contributed by atoms with Crippen LogP contribution in [0.15, 0.2) is 30.3 Å². The summed E-state index contributed by atoms with van der Waals surface area (Å²) in [5, 5.41) is 0. The molecule has 12 heavy (non-hydrogen) atoms. The monoisotopic (exact) mass is 158 g/mol. The van der Waals surface area contributed by atoms with Crippen LogP contribution < -0.4 is 0 Å². The van der Waals surface area contributed by atoms with E-state index in [2.05, 4.69) is 33.7 Å². The minimum atomic E-state index is 1.32. The molecule has 0 saturated carbocycles. The first kappa shape index (κ1) is 11.4. The molecular weight excluding hydrogens is 141 g/mol. The molecule has 0 saturated heterocycles. The van der Waals surface area contributed by atoms with Crippen LogP contribution in [0.5, 0.6) is 0 Å². The predicted octanol–water partition coefficient (Wildman–Crippen LogP) is 0.756. The Morgan fingerprint density at radius 1 is 1.25 bits per heavy atom. The van der Waals surface area contributed by atoms with E-state index < -0.39 is 0 Å². The minimum Gasteiger partial charge on any atom is -0.0881 e. The molecule has 0 spiro atoms. The molecule has 0 nitrogen and oxygen atoms in total. The Morgan fingerprint density at radius 2 is 1.83 bits per heavy atom. The van der Waals surface area contributed by atoms with Gasteiger partial charge in [-0.3, -0.25) is 0 Å². The Bertz CT molecular complexity index is 172. The maximum atomic E-state index is 2.21. The van der Waals surface area contributed by atoms with Crippen molar-refractivity contribution < 1.29 is 0 Å². The van der Waals surface area contributed by atoms with E-state index in [0.29, 0.717) is 0 Å². The molecule has 0 aliphatic carbocycles. The van der Waals surface area contributed by atoms with Crippen molar-refractivity contribution in [1.29, 1.82) is 0 Å². The smallest absolute Gasteiger partial charge is 0.0776 e. The molecule has 0 fully saturated rings. The van der Waals surface area contributed by atoms with Crippen LogP contribution in [0.4, 0.5) is 0 Å². The lowest BCUT2D eigenvalue weighted by Gasteiger charge is -1.82. The lowest BCUT2D eigenvalue weighted by atomic mass is 9.27. The fourth-order valence-corrected chi connectivity index (χ4v) is 0.888. The van der Waals surface area contributed by atoms with E-state index in [0.717, 1.165) is 0 Å². The van der Waals surface area contributed by atoms with Crippen LogP contribution in [0, 0.1) is 6.92 Å². The fraction of sp³-hybridized carbons (Fsp3) is 0.333. The van der Waals surface area contributed by atoms with Crippen LogP contribution in [0.25, 0.3) is 0 Å². The molecule has 1 rings (SSSR count). The van der Waals surface area contributed by atoms with Crippen molar-refractivity contribution in [2.75, 3.05) is 0 Å². The topological polar surface area (TPSA) is 0 Å². The van der Waals surface area contributed by atoms with Gasteiger partial charge in [0.2, 0.25) is 0 Å². The van der Waals surface area contributed by atoms with Gasteiger partial charge in [0.15, 0.2) is 0 Å². The Morgan fingerprint density at radius 3 is 2.00 bits per heavy atom. The molecule has 0 radical (unpaired) electrons. The Hall–Kier alpha value is -0.585. The summed E-state index contributed by atoms with van der Waals surface area (Å²) in [5.41, 5.74) is 1.32. The van der Waals surface area contributed by atoms with Gasteiger partial charge >= 0.3 is 0 Å². The summed E-state index contributed by atoms with van der Waals surface area (Å²) in [6.07, 6.45) is 1.34. The zero-order valence-corrected chi connectivity index (χ0v) is 8.51. The molecule has 0 aromatic heterocycles. The molecule has 0 atom stereocenters. The average molecular weight is 158 g/mol. The van der Waals surface area contributed by atoms with Gasteiger partial charge in [-0.2, -0.15) is 0 Å². The molecule has 0 bridgehead atoms. The Labute approximate surface area is 78.6 Å². The average Bonchev–Trinajstić information content (AvgIpc) is 2.08. The first-order valence-corrected chi connectivity index (χ1v) is 4.82. The normalized spacial score (nSPS) is 7.83. The fourth-order valence-electron chi connectivity index (χ4n) is 0.888. The Kier molecular flexibility index (Phi) is 8.10. The highest BCUT2D eigenvalue weighted by atomic mass is 13.8. The summed E-state index contributed by atoms with van der Waals surface area (Å²) in [6.45, 7) is 4.30. The van der Waals surface area contributed by atoms with E-state index >= 15 is 0 Å². The van der Waals surface area contributed by atoms with Crippen LogP contribution >= 0.6 is 0 Å². The second-order valence-electron chi connectivity index (χ2n) is 3.01. The van der Waals surface area contributed by atoms with Gasteiger partial charge in [-0.05, 0) is 6.92 Å². The van der Waals surface area contributed by atoms with Gasteiger partial charge in [-0.1, -0.05) is 49.1 Å². The number of hydrogen-bond acceptors (Lipinski definition) is 0. The summed E-state index contributed by atoms with van der Waals surface area (Å²) in [5.74, 6) is 0. The van der Waals surface area contributed by atoms with Crippen molar-refractivity contribution in [3.05, 3.63) is 35.9 Å². The first-order valence-electron chi connectivity index (χ1n) is 4.82. The second-order valence-corrected chi connectivity index (χ2v) is 3.01. The van der Waals surface area contributed by atoms with E-state index in [1.165, 1.54) is 26.1 Å². The zero-order valence-electron chi connectivity index (χ0n) is 8.51. The molecule has 0 aliphatic rings. The van der Waals surface area contributed by atoms with Crippen LogP contribution in [-0.2, 0) is 0 Å². The number of benzene rings is 1. The van der Waals surface area contributed by atoms with Gasteiger partial charge in [-0.25, -0.2) is 0 Å². The highest BCUT2D eigenvalue weighted by Crippen LogP contribution is 1.92. The number of hydrogen-bond donors (Lipinski definition) is 0. The molecule has 0 N–H and O–H groups in total. The summed E-state index contributed by atoms with van der Waals surface area (Å²) in [6, 6.07) is 10.3. The lowest BCUT2D eigenvalue weighted by Crippen LogP contribution is -1.98. The second kappa shape index (κ2) is 8.51. The molecule has 0 amide bonds. The summed E-state index contributed by atoms with van der Waals surface area (Å²) in [7, 11) is 4.94. The number of aryl methyl sites for hydroxylation is 1. The molecule has 0 heterocycles. The molecule has 0 unspecified atom stereocenters. The van der Waals surface area contributed by atoms with Crippen LogP contribution in [-0.4, -0.2) is 22.0 Å². The third-order valence-corrected chi connectivity index (χ3v) is 1.65. The number of rotatable bonds is 2. The summed E-state index contributed by atoms with van der Waals surface area (Å²) < 4.78 is 0. The highest BCUT2D eigenvalue weighted by Gasteiger charge is 1.75. The quantitative estimate of drug-likeness (QED) is 0.556. The van der Waals surface area contributed by atoms with E-state index in [-0.39, 0.29) is 0 Å². The lowest BCUT2D eigenvalue weighted by molar-refractivity contribution is 1.47. The van der Waals surface area contributed by atoms with Crippen molar-refractivity contribution >= 4 is 22.0 Å². The zero-order chi connectivity index (χ0) is 9.23. The van der Waals surface area contributed by atoms with Crippen molar-refractivity contribution in [2.45, 2.75) is 20.2 Å². The molecule has 0 aliphatic heterocycles. The van der Waals surface area contributed by atoms with Crippen molar-refractivity contribution in [1.82, 2.24) is 0 Å². The Balaban J connectivity index is 0.000000217. The molecule has 1 aromatic carbocycles. The van der Waals surface area contributed by atoms with E-state index in [1.54, 1.807) is 0 Å². The highest BCUT2D eigenvalue weighted by molar-refractivity contribution is 7.23. The van der Waals surface area contributed by atoms with Crippen LogP contribution in [0.2, 0.25) is 6.32 Å². The van der Waals surface area contributed by atoms with Gasteiger partial charge in [0.25, 0.3) is 0 Å². The van der Waals surface area contributed by atoms with Gasteiger partial charge in [0, 0.05) is 0 Å². The standard InChI is InChI=1S/C7H8.C2H9B3/c1-7-5-3-2-4-6-7;1-2-4-5-3/h2-6H,1H3;4-5H,2-3H2,1H3. The largest absolute Gasteiger partial charge is 0.0881 e. The van der Waals surface area contributed by atoms with E-state index in [9.17, 15) is 0 Å². The van der Waals surface area contributed by atoms with Gasteiger partial charge in [-0.15, -0.1) is 0 Å². The molecule has 1 aromatic rings. The van der Waals surface area contributed by atoms with Crippen LogP contribution in [0.1, 0.15) is 12.5 Å². The molecule has 3 heteroatoms. The predicted molar refractivity (Wildman–Crippen MR) is 64.5 cm³/mol. The van der Waals surface area contributed by atoms with Gasteiger partial charge in [0.05, 0.1) is 22.0 Å². The van der Waals surface area contributed by atoms with E-state index in [4.69, 9.17) is 0 Å². The molecular formula is C9H17B3. The van der Waals surface area contributed by atoms with Gasteiger partial charge in [0.1, 0.15) is 0 Å². The van der Waals surface area contributed by atoms with Crippen molar-refractivity contribution in [3.8, 4) is 0 Å². The third-order valence-electron chi connectivity index (χ3n) is 1.65. The minimum absolute atomic E-state index is 1.32. The summed E-state index contributed by atoms with van der Waals surface area (Å²) in [4.78, 5) is 0. The molecule has 62 valence electrons. The van der Waals surface area contributed by atoms with E-state index in [1.807, 2.05) is 18.2 Å². The van der Waals surface area contributed by atoms with Crippen LogP contribution in [0.3, 0.4) is 0 Å². The maximum absolute atomic E-state index is 2.21. The van der Waals surface area contributed by atoms with Crippen molar-refractivity contribution in [2.24, 2.45) is 0 Å². The SMILES string of the molecule is BBBCC.Cc1ccccc1. The summed E-state index contributed by atoms with van der Waals surface area (Å²) >= 11 is 0. The van der Waals surface area contributed by atoms with Crippen molar-refractivity contribution in [3.63, 3.8) is 0 Å². The first-order chi connectivity index (χ1) is 5.81. The van der Waals surface area contributed by atoms with Gasteiger partial charge < -0.3 is 0 Å².